The van der Waals surface area contributed by atoms with Crippen LogP contribution in [0, 0.1) is 0 Å². The lowest BCUT2D eigenvalue weighted by Gasteiger charge is -2.19. The highest BCUT2D eigenvalue weighted by Crippen LogP contribution is 2.13. The molecule has 0 bridgehead atoms. The van der Waals surface area contributed by atoms with E-state index in [0.717, 1.165) is 18.3 Å². The van der Waals surface area contributed by atoms with Gasteiger partial charge in [-0.1, -0.05) is 0 Å². The molecule has 1 amide bonds. The first-order chi connectivity index (χ1) is 8.83. The third-order valence-corrected chi connectivity index (χ3v) is 1.85. The molecule has 0 saturated heterocycles. The van der Waals surface area contributed by atoms with Crippen molar-refractivity contribution in [1.82, 2.24) is 10.4 Å². The van der Waals surface area contributed by atoms with Gasteiger partial charge in [-0.3, -0.25) is 5.01 Å². The van der Waals surface area contributed by atoms with Gasteiger partial charge in [0.15, 0.2) is 0 Å². The van der Waals surface area contributed by atoms with Crippen LogP contribution in [0.5, 0.6) is 0 Å². The summed E-state index contributed by atoms with van der Waals surface area (Å²) in [5.74, 6) is -1.10. The van der Waals surface area contributed by atoms with Crippen LogP contribution in [0.4, 0.5) is 13.6 Å². The summed E-state index contributed by atoms with van der Waals surface area (Å²) < 4.78 is 33.7. The Morgan fingerprint density at radius 2 is 2.05 bits per heavy atom. The topological polar surface area (TPSA) is 88.1 Å². The molecule has 0 fully saturated rings. The second-order valence-electron chi connectivity index (χ2n) is 3.30. The van der Waals surface area contributed by atoms with Crippen LogP contribution in [-0.4, -0.2) is 55.5 Å². The number of nitrogens with one attached hydrogen (secondary N) is 1. The van der Waals surface area contributed by atoms with Crippen LogP contribution in [-0.2, 0) is 14.3 Å². The first-order valence-electron chi connectivity index (χ1n) is 5.25. The van der Waals surface area contributed by atoms with E-state index >= 15 is 0 Å². The van der Waals surface area contributed by atoms with E-state index in [9.17, 15) is 23.5 Å². The Morgan fingerprint density at radius 1 is 1.47 bits per heavy atom. The van der Waals surface area contributed by atoms with Gasteiger partial charge in [0.1, 0.15) is 6.10 Å². The average Bonchev–Trinajstić information content (AvgIpc) is 2.34. The minimum atomic E-state index is -3.16. The second-order valence-corrected chi connectivity index (χ2v) is 3.30. The van der Waals surface area contributed by atoms with E-state index in [1.54, 1.807) is 0 Å². The van der Waals surface area contributed by atoms with Crippen molar-refractivity contribution >= 4 is 12.1 Å². The maximum atomic E-state index is 12.4. The fourth-order valence-electron chi connectivity index (χ4n) is 1.03. The van der Waals surface area contributed by atoms with Crippen molar-refractivity contribution in [3.63, 3.8) is 0 Å². The predicted octanol–water partition coefficient (Wildman–Crippen LogP) is 0.262. The molecule has 0 aliphatic rings. The monoisotopic (exact) mass is 282 g/mol. The van der Waals surface area contributed by atoms with Gasteiger partial charge >= 0.3 is 12.1 Å². The van der Waals surface area contributed by atoms with Crippen LogP contribution >= 0.6 is 0 Å². The number of amides is 1. The second kappa shape index (κ2) is 8.25. The summed E-state index contributed by atoms with van der Waals surface area (Å²) in [6.45, 7) is 1.45. The summed E-state index contributed by atoms with van der Waals surface area (Å²) in [4.78, 5) is 22.3. The van der Waals surface area contributed by atoms with E-state index in [2.05, 4.69) is 14.9 Å². The van der Waals surface area contributed by atoms with Crippen LogP contribution in [0.1, 0.15) is 6.92 Å². The number of halogens is 2. The predicted molar refractivity (Wildman–Crippen MR) is 60.0 cm³/mol. The van der Waals surface area contributed by atoms with Crippen LogP contribution in [0.15, 0.2) is 11.8 Å². The van der Waals surface area contributed by atoms with Crippen molar-refractivity contribution in [2.45, 2.75) is 19.5 Å². The smallest absolute Gasteiger partial charge is 0.425 e. The molecule has 0 rings (SSSR count). The number of carbonyl (C=O) groups excluding carboxylic acids is 2. The maximum Gasteiger partial charge on any atom is 0.425 e. The number of carbonyl (C=O) groups is 2. The number of methoxy groups -OCH3 is 1. The summed E-state index contributed by atoms with van der Waals surface area (Å²) in [6.07, 6.45) is -5.53. The lowest BCUT2D eigenvalue weighted by Crippen LogP contribution is -2.37. The van der Waals surface area contributed by atoms with Crippen molar-refractivity contribution < 1.29 is 33.0 Å². The van der Waals surface area contributed by atoms with Crippen LogP contribution in [0.3, 0.4) is 0 Å². The lowest BCUT2D eigenvalue weighted by atomic mass is 10.1. The van der Waals surface area contributed by atoms with Crippen molar-refractivity contribution in [2.24, 2.45) is 0 Å². The molecule has 0 aliphatic heterocycles. The van der Waals surface area contributed by atoms with E-state index < -0.39 is 30.2 Å². The van der Waals surface area contributed by atoms with Gasteiger partial charge < -0.3 is 14.6 Å². The first-order valence-corrected chi connectivity index (χ1v) is 5.25. The van der Waals surface area contributed by atoms with E-state index in [1.165, 1.54) is 14.0 Å². The van der Waals surface area contributed by atoms with Crippen LogP contribution < -0.4 is 5.43 Å². The maximum absolute atomic E-state index is 12.4. The Bertz CT molecular complexity index is 349. The number of ether oxygens (including phenoxy) is 2. The number of nitrogens with zero attached hydrogens (tertiary/aromatic N) is 1. The summed E-state index contributed by atoms with van der Waals surface area (Å²) in [5, 5.41) is 10.1. The molecule has 0 saturated carbocycles. The summed E-state index contributed by atoms with van der Waals surface area (Å²) in [6, 6.07) is 0. The highest BCUT2D eigenvalue weighted by Gasteiger charge is 2.28. The normalized spacial score (nSPS) is 12.9. The Morgan fingerprint density at radius 3 is 2.47 bits per heavy atom. The molecule has 0 heterocycles. The number of esters is 1. The summed E-state index contributed by atoms with van der Waals surface area (Å²) in [7, 11) is 2.36. The summed E-state index contributed by atoms with van der Waals surface area (Å²) in [5.41, 5.74) is 1.40. The molecule has 2 N–H and O–H groups in total. The first kappa shape index (κ1) is 17.1. The summed E-state index contributed by atoms with van der Waals surface area (Å²) >= 11 is 0. The Kier molecular flexibility index (Phi) is 7.42. The third-order valence-electron chi connectivity index (χ3n) is 1.85. The molecular formula is C10H16F2N2O5. The Hall–Kier alpha value is -1.90. The van der Waals surface area contributed by atoms with Gasteiger partial charge in [-0.05, 0) is 6.92 Å². The molecule has 0 aromatic rings. The SMILES string of the molecule is CCOC(=O)/C(=C/N(C)NC(=O)OC)C(O)C(F)F. The fraction of sp³-hybridized carbons (Fsp3) is 0.600. The molecular weight excluding hydrogens is 266 g/mol. The Labute approximate surface area is 108 Å². The third kappa shape index (κ3) is 6.00. The van der Waals surface area contributed by atoms with Gasteiger partial charge in [-0.15, -0.1) is 0 Å². The number of rotatable bonds is 6. The molecule has 0 aromatic heterocycles. The Balaban J connectivity index is 5.00. The van der Waals surface area contributed by atoms with E-state index in [0.29, 0.717) is 0 Å². The molecule has 110 valence electrons. The van der Waals surface area contributed by atoms with Crippen molar-refractivity contribution in [3.05, 3.63) is 11.8 Å². The minimum absolute atomic E-state index is 0.0414. The molecule has 1 atom stereocenters. The van der Waals surface area contributed by atoms with E-state index in [1.807, 2.05) is 0 Å². The number of hydrogen-bond donors (Lipinski definition) is 2. The highest BCUT2D eigenvalue weighted by atomic mass is 19.3. The molecule has 0 radical (unpaired) electrons. The quantitative estimate of drug-likeness (QED) is 0.413. The average molecular weight is 282 g/mol. The number of aliphatic hydroxyl groups excluding tert-OH is 1. The largest absolute Gasteiger partial charge is 0.463 e. The van der Waals surface area contributed by atoms with Gasteiger partial charge in [-0.2, -0.15) is 0 Å². The van der Waals surface area contributed by atoms with Crippen molar-refractivity contribution in [1.29, 1.82) is 0 Å². The zero-order valence-electron chi connectivity index (χ0n) is 10.7. The zero-order valence-corrected chi connectivity index (χ0v) is 10.7. The van der Waals surface area contributed by atoms with Crippen LogP contribution in [0.2, 0.25) is 0 Å². The zero-order chi connectivity index (χ0) is 15.0. The van der Waals surface area contributed by atoms with Crippen LogP contribution in [0.25, 0.3) is 0 Å². The van der Waals surface area contributed by atoms with E-state index in [4.69, 9.17) is 0 Å². The molecule has 7 nitrogen and oxygen atoms in total. The number of hydrazine groups is 1. The highest BCUT2D eigenvalue weighted by molar-refractivity contribution is 5.89. The molecule has 0 aromatic carbocycles. The fourth-order valence-corrected chi connectivity index (χ4v) is 1.03. The molecule has 19 heavy (non-hydrogen) atoms. The standard InChI is InChI=1S/C10H16F2N2O5/c1-4-19-9(16)6(7(15)8(11)12)5-14(2)13-10(17)18-3/h5,7-8,15H,4H2,1-3H3,(H,13,17)/b6-5+. The molecule has 1 unspecified atom stereocenters. The minimum Gasteiger partial charge on any atom is -0.463 e. The number of aliphatic hydroxyl groups is 1. The van der Waals surface area contributed by atoms with E-state index in [-0.39, 0.29) is 6.61 Å². The van der Waals surface area contributed by atoms with Gasteiger partial charge in [0.2, 0.25) is 0 Å². The lowest BCUT2D eigenvalue weighted by molar-refractivity contribution is -0.141. The molecule has 0 spiro atoms. The van der Waals surface area contributed by atoms with Gasteiger partial charge in [-0.25, -0.2) is 23.8 Å². The van der Waals surface area contributed by atoms with Gasteiger partial charge in [0, 0.05) is 13.2 Å². The molecule has 9 heteroatoms. The number of hydrogen-bond acceptors (Lipinski definition) is 6. The van der Waals surface area contributed by atoms with Crippen molar-refractivity contribution in [3.8, 4) is 0 Å². The molecule has 0 aliphatic carbocycles. The number of alkyl halides is 2. The van der Waals surface area contributed by atoms with Crippen molar-refractivity contribution in [2.75, 3.05) is 20.8 Å². The van der Waals surface area contributed by atoms with Gasteiger partial charge in [0.25, 0.3) is 6.43 Å². The van der Waals surface area contributed by atoms with Gasteiger partial charge in [0.05, 0.1) is 19.3 Å².